The van der Waals surface area contributed by atoms with E-state index < -0.39 is 0 Å². The Balaban J connectivity index is 1.80. The highest BCUT2D eigenvalue weighted by atomic mass is 32.1. The maximum absolute atomic E-state index is 6.14. The van der Waals surface area contributed by atoms with E-state index >= 15 is 0 Å². The van der Waals surface area contributed by atoms with Crippen molar-refractivity contribution < 1.29 is 0 Å². The lowest BCUT2D eigenvalue weighted by Crippen LogP contribution is -2.39. The van der Waals surface area contributed by atoms with Gasteiger partial charge in [-0.1, -0.05) is 12.5 Å². The number of thiophene rings is 1. The van der Waals surface area contributed by atoms with Crippen molar-refractivity contribution in [3.05, 3.63) is 22.4 Å². The largest absolute Gasteiger partial charge is 0.327 e. The smallest absolute Gasteiger partial charge is 0.0112 e. The summed E-state index contributed by atoms with van der Waals surface area (Å²) in [7, 11) is 2.24. The van der Waals surface area contributed by atoms with Gasteiger partial charge in [0.1, 0.15) is 0 Å². The van der Waals surface area contributed by atoms with Crippen LogP contribution in [-0.2, 0) is 6.42 Å². The van der Waals surface area contributed by atoms with Crippen molar-refractivity contribution >= 4 is 11.3 Å². The monoisotopic (exact) mass is 252 g/mol. The van der Waals surface area contributed by atoms with E-state index in [0.29, 0.717) is 18.0 Å². The van der Waals surface area contributed by atoms with E-state index in [0.717, 1.165) is 13.0 Å². The first-order valence-corrected chi connectivity index (χ1v) is 7.53. The maximum atomic E-state index is 6.14. The third-order valence-electron chi connectivity index (χ3n) is 4.07. The Morgan fingerprint density at radius 3 is 2.94 bits per heavy atom. The quantitative estimate of drug-likeness (QED) is 0.873. The van der Waals surface area contributed by atoms with Gasteiger partial charge in [0.05, 0.1) is 0 Å². The first-order valence-electron chi connectivity index (χ1n) is 6.65. The molecule has 0 aromatic carbocycles. The van der Waals surface area contributed by atoms with Crippen molar-refractivity contribution in [2.24, 2.45) is 11.7 Å². The second-order valence-corrected chi connectivity index (χ2v) is 6.46. The molecule has 0 aliphatic heterocycles. The van der Waals surface area contributed by atoms with Gasteiger partial charge >= 0.3 is 0 Å². The van der Waals surface area contributed by atoms with E-state index in [4.69, 9.17) is 5.73 Å². The molecule has 1 heterocycles. The average molecular weight is 252 g/mol. The van der Waals surface area contributed by atoms with Crippen LogP contribution in [0.15, 0.2) is 17.5 Å². The highest BCUT2D eigenvalue weighted by Crippen LogP contribution is 2.25. The number of likely N-dealkylation sites (N-methyl/N-ethyl adjacent to an activating group) is 1. The summed E-state index contributed by atoms with van der Waals surface area (Å²) in [5.41, 5.74) is 6.14. The van der Waals surface area contributed by atoms with Crippen LogP contribution in [0, 0.1) is 5.92 Å². The average Bonchev–Trinajstić information content (AvgIpc) is 2.91. The fraction of sp³-hybridized carbons (Fsp3) is 0.714. The van der Waals surface area contributed by atoms with Gasteiger partial charge in [0, 0.05) is 23.5 Å². The Kier molecular flexibility index (Phi) is 4.60. The molecule has 1 aromatic rings. The minimum absolute atomic E-state index is 0.436. The highest BCUT2D eigenvalue weighted by Gasteiger charge is 2.26. The molecular weight excluding hydrogens is 228 g/mol. The lowest BCUT2D eigenvalue weighted by Gasteiger charge is -2.28. The van der Waals surface area contributed by atoms with Crippen LogP contribution in [0.3, 0.4) is 0 Å². The molecule has 2 rings (SSSR count). The number of rotatable bonds is 5. The minimum atomic E-state index is 0.436. The summed E-state index contributed by atoms with van der Waals surface area (Å²) in [5, 5.41) is 2.16. The van der Waals surface area contributed by atoms with Crippen LogP contribution >= 0.6 is 11.3 Å². The third kappa shape index (κ3) is 3.54. The second-order valence-electron chi connectivity index (χ2n) is 5.43. The Morgan fingerprint density at radius 1 is 1.53 bits per heavy atom. The Hall–Kier alpha value is -0.380. The first kappa shape index (κ1) is 13.1. The molecule has 3 unspecified atom stereocenters. The number of nitrogens with two attached hydrogens (primary N) is 1. The number of hydrogen-bond donors (Lipinski definition) is 1. The zero-order valence-electron chi connectivity index (χ0n) is 10.9. The van der Waals surface area contributed by atoms with Gasteiger partial charge in [0.15, 0.2) is 0 Å². The zero-order valence-corrected chi connectivity index (χ0v) is 11.7. The molecule has 0 amide bonds. The molecule has 1 fully saturated rings. The first-order chi connectivity index (χ1) is 8.16. The summed E-state index contributed by atoms with van der Waals surface area (Å²) < 4.78 is 0. The van der Waals surface area contributed by atoms with Crippen LogP contribution < -0.4 is 5.73 Å². The van der Waals surface area contributed by atoms with Crippen LogP contribution in [0.1, 0.15) is 31.1 Å². The van der Waals surface area contributed by atoms with E-state index in [9.17, 15) is 0 Å². The van der Waals surface area contributed by atoms with Crippen molar-refractivity contribution in [1.82, 2.24) is 4.90 Å². The Bertz CT molecular complexity index is 323. The van der Waals surface area contributed by atoms with E-state index in [1.807, 2.05) is 11.3 Å². The summed E-state index contributed by atoms with van der Waals surface area (Å²) in [6.45, 7) is 3.48. The van der Waals surface area contributed by atoms with Gasteiger partial charge in [0.25, 0.3) is 0 Å². The van der Waals surface area contributed by atoms with Crippen LogP contribution in [0.4, 0.5) is 0 Å². The SMILES string of the molecule is CC(Cc1cccs1)N(C)CC1CCCC1N. The van der Waals surface area contributed by atoms with Gasteiger partial charge in [-0.2, -0.15) is 0 Å². The van der Waals surface area contributed by atoms with E-state index in [-0.39, 0.29) is 0 Å². The molecule has 3 atom stereocenters. The fourth-order valence-electron chi connectivity index (χ4n) is 2.72. The summed E-state index contributed by atoms with van der Waals surface area (Å²) in [4.78, 5) is 3.97. The molecule has 1 aromatic heterocycles. The molecular formula is C14H24N2S. The molecule has 2 N–H and O–H groups in total. The minimum Gasteiger partial charge on any atom is -0.327 e. The summed E-state index contributed by atoms with van der Waals surface area (Å²) >= 11 is 1.86. The fourth-order valence-corrected chi connectivity index (χ4v) is 3.54. The second kappa shape index (κ2) is 5.98. The summed E-state index contributed by atoms with van der Waals surface area (Å²) in [6, 6.07) is 5.42. The molecule has 2 nitrogen and oxygen atoms in total. The van der Waals surface area contributed by atoms with Crippen molar-refractivity contribution in [2.75, 3.05) is 13.6 Å². The summed E-state index contributed by atoms with van der Waals surface area (Å²) in [6.07, 6.45) is 5.02. The zero-order chi connectivity index (χ0) is 12.3. The molecule has 0 radical (unpaired) electrons. The van der Waals surface area contributed by atoms with Gasteiger partial charge in [-0.15, -0.1) is 11.3 Å². The van der Waals surface area contributed by atoms with Crippen LogP contribution in [-0.4, -0.2) is 30.6 Å². The Morgan fingerprint density at radius 2 is 2.35 bits per heavy atom. The maximum Gasteiger partial charge on any atom is 0.0112 e. The van der Waals surface area contributed by atoms with Gasteiger partial charge in [-0.25, -0.2) is 0 Å². The van der Waals surface area contributed by atoms with Crippen molar-refractivity contribution in [1.29, 1.82) is 0 Å². The van der Waals surface area contributed by atoms with E-state index in [1.165, 1.54) is 24.1 Å². The van der Waals surface area contributed by atoms with Gasteiger partial charge in [-0.3, -0.25) is 0 Å². The van der Waals surface area contributed by atoms with Gasteiger partial charge in [0.2, 0.25) is 0 Å². The predicted molar refractivity (Wildman–Crippen MR) is 75.4 cm³/mol. The molecule has 0 bridgehead atoms. The predicted octanol–water partition coefficient (Wildman–Crippen LogP) is 2.74. The molecule has 17 heavy (non-hydrogen) atoms. The summed E-state index contributed by atoms with van der Waals surface area (Å²) in [5.74, 6) is 0.714. The third-order valence-corrected chi connectivity index (χ3v) is 4.97. The van der Waals surface area contributed by atoms with Crippen LogP contribution in [0.25, 0.3) is 0 Å². The normalized spacial score (nSPS) is 26.6. The van der Waals surface area contributed by atoms with Crippen LogP contribution in [0.2, 0.25) is 0 Å². The Labute approximate surface area is 109 Å². The molecule has 96 valence electrons. The topological polar surface area (TPSA) is 29.3 Å². The van der Waals surface area contributed by atoms with Gasteiger partial charge < -0.3 is 10.6 Å². The lowest BCUT2D eigenvalue weighted by molar-refractivity contribution is 0.211. The molecule has 1 saturated carbocycles. The number of hydrogen-bond acceptors (Lipinski definition) is 3. The van der Waals surface area contributed by atoms with Crippen molar-refractivity contribution in [2.45, 2.75) is 44.7 Å². The standard InChI is InChI=1S/C14H24N2S/c1-11(9-13-6-4-8-17-13)16(2)10-12-5-3-7-14(12)15/h4,6,8,11-12,14H,3,5,7,9-10,15H2,1-2H3. The van der Waals surface area contributed by atoms with E-state index in [1.54, 1.807) is 0 Å². The molecule has 1 aliphatic rings. The number of nitrogens with zero attached hydrogens (tertiary/aromatic N) is 1. The van der Waals surface area contributed by atoms with E-state index in [2.05, 4.69) is 36.4 Å². The molecule has 3 heteroatoms. The molecule has 1 aliphatic carbocycles. The highest BCUT2D eigenvalue weighted by molar-refractivity contribution is 7.09. The molecule has 0 saturated heterocycles. The van der Waals surface area contributed by atoms with Crippen LogP contribution in [0.5, 0.6) is 0 Å². The lowest BCUT2D eigenvalue weighted by atomic mass is 10.0. The molecule has 0 spiro atoms. The van der Waals surface area contributed by atoms with Crippen molar-refractivity contribution in [3.63, 3.8) is 0 Å². The van der Waals surface area contributed by atoms with Crippen molar-refractivity contribution in [3.8, 4) is 0 Å². The van der Waals surface area contributed by atoms with Gasteiger partial charge in [-0.05, 0) is 50.6 Å².